The molecule has 0 spiro atoms. The first-order chi connectivity index (χ1) is 16.1. The minimum absolute atomic E-state index is 0.280. The number of nitrogens with one attached hydrogen (secondary N) is 1. The fraction of sp³-hybridized carbons (Fsp3) is 0.417. The van der Waals surface area contributed by atoms with Crippen molar-refractivity contribution in [2.24, 2.45) is 5.41 Å². The smallest absolute Gasteiger partial charge is 0.358 e. The van der Waals surface area contributed by atoms with E-state index in [0.717, 1.165) is 35.9 Å². The summed E-state index contributed by atoms with van der Waals surface area (Å²) >= 11 is 0. The normalized spacial score (nSPS) is 15.7. The van der Waals surface area contributed by atoms with E-state index in [9.17, 15) is 23.7 Å². The molecule has 1 aromatic carbocycles. The van der Waals surface area contributed by atoms with Crippen LogP contribution >= 0.6 is 0 Å². The second-order valence-electron chi connectivity index (χ2n) is 9.36. The predicted octanol–water partition coefficient (Wildman–Crippen LogP) is 4.21. The van der Waals surface area contributed by atoms with Gasteiger partial charge in [-0.15, -0.1) is 0 Å². The van der Waals surface area contributed by atoms with Crippen LogP contribution in [0, 0.1) is 34.1 Å². The lowest BCUT2D eigenvalue weighted by Gasteiger charge is -2.37. The van der Waals surface area contributed by atoms with Crippen LogP contribution in [-0.4, -0.2) is 37.4 Å². The van der Waals surface area contributed by atoms with E-state index in [1.165, 1.54) is 22.9 Å². The summed E-state index contributed by atoms with van der Waals surface area (Å²) < 4.78 is 28.7. The number of benzene rings is 1. The number of hydrogen-bond acceptors (Lipinski definition) is 5. The lowest BCUT2D eigenvalue weighted by Crippen LogP contribution is -2.42. The average Bonchev–Trinajstić information content (AvgIpc) is 3.13. The molecule has 0 amide bonds. The van der Waals surface area contributed by atoms with Gasteiger partial charge in [-0.3, -0.25) is 14.5 Å². The number of aromatic amines is 1. The van der Waals surface area contributed by atoms with Crippen LogP contribution in [0.1, 0.15) is 37.1 Å². The van der Waals surface area contributed by atoms with Gasteiger partial charge in [-0.05, 0) is 53.0 Å². The molecule has 0 radical (unpaired) electrons. The number of pyridine rings is 1. The van der Waals surface area contributed by atoms with Crippen molar-refractivity contribution in [1.29, 1.82) is 0 Å². The van der Waals surface area contributed by atoms with Crippen LogP contribution in [0.25, 0.3) is 11.3 Å². The molecule has 0 saturated heterocycles. The van der Waals surface area contributed by atoms with Crippen LogP contribution in [0.3, 0.4) is 0 Å². The molecule has 0 bridgehead atoms. The molecule has 8 nitrogen and oxygen atoms in total. The molecule has 1 aliphatic heterocycles. The largest absolute Gasteiger partial charge is 0.413 e. The third-order valence-electron chi connectivity index (χ3n) is 6.62. The summed E-state index contributed by atoms with van der Waals surface area (Å²) in [6.07, 6.45) is 2.73. The van der Waals surface area contributed by atoms with E-state index in [0.29, 0.717) is 37.3 Å². The number of imidazole rings is 1. The average molecular weight is 472 g/mol. The van der Waals surface area contributed by atoms with Crippen LogP contribution in [0.4, 0.5) is 14.6 Å². The van der Waals surface area contributed by atoms with Crippen LogP contribution in [0.5, 0.6) is 0 Å². The van der Waals surface area contributed by atoms with Crippen LogP contribution in [0.15, 0.2) is 35.3 Å². The molecule has 10 heteroatoms. The van der Waals surface area contributed by atoms with Gasteiger partial charge >= 0.3 is 11.5 Å². The number of nitrogens with zero attached hydrogens (tertiary/aromatic N) is 4. The minimum Gasteiger partial charge on any atom is -0.358 e. The van der Waals surface area contributed by atoms with Gasteiger partial charge in [0.1, 0.15) is 17.8 Å². The third-order valence-corrected chi connectivity index (χ3v) is 6.62. The van der Waals surface area contributed by atoms with Crippen LogP contribution < -0.4 is 5.69 Å². The summed E-state index contributed by atoms with van der Waals surface area (Å²) in [6, 6.07) is 5.27. The zero-order valence-electron chi connectivity index (χ0n) is 19.4. The molecule has 3 heterocycles. The fourth-order valence-corrected chi connectivity index (χ4v) is 4.59. The molecule has 0 fully saturated rings. The van der Waals surface area contributed by atoms with E-state index in [4.69, 9.17) is 4.98 Å². The first-order valence-corrected chi connectivity index (χ1v) is 11.2. The molecule has 1 aliphatic rings. The van der Waals surface area contributed by atoms with Crippen molar-refractivity contribution in [1.82, 2.24) is 19.4 Å². The highest BCUT2D eigenvalue weighted by Crippen LogP contribution is 2.31. The highest BCUT2D eigenvalue weighted by atomic mass is 19.1. The number of aryl methyl sites for hydroxylation is 1. The number of fused-ring (bicyclic) bond motifs is 1. The maximum Gasteiger partial charge on any atom is 0.413 e. The Labute approximate surface area is 195 Å². The van der Waals surface area contributed by atoms with E-state index >= 15 is 0 Å². The van der Waals surface area contributed by atoms with E-state index in [1.54, 1.807) is 0 Å². The van der Waals surface area contributed by atoms with E-state index in [2.05, 4.69) is 16.8 Å². The maximum absolute atomic E-state index is 13.7. The number of rotatable bonds is 7. The molecule has 180 valence electrons. The van der Waals surface area contributed by atoms with Gasteiger partial charge < -0.3 is 10.1 Å². The zero-order chi connectivity index (χ0) is 24.6. The topological polar surface area (TPSA) is 97.1 Å². The number of halogens is 2. The van der Waals surface area contributed by atoms with Gasteiger partial charge in [-0.1, -0.05) is 13.8 Å². The fourth-order valence-electron chi connectivity index (χ4n) is 4.59. The van der Waals surface area contributed by atoms with Gasteiger partial charge in [-0.2, -0.15) is 4.98 Å². The molecule has 3 aromatic rings. The van der Waals surface area contributed by atoms with Gasteiger partial charge in [0.15, 0.2) is 0 Å². The van der Waals surface area contributed by atoms with Gasteiger partial charge in [-0.25, -0.2) is 13.6 Å². The number of H-pyrrole nitrogens is 1. The van der Waals surface area contributed by atoms with Gasteiger partial charge in [0.2, 0.25) is 0 Å². The summed E-state index contributed by atoms with van der Waals surface area (Å²) in [4.78, 5) is 31.8. The minimum atomic E-state index is -0.635. The van der Waals surface area contributed by atoms with Crippen molar-refractivity contribution in [2.75, 3.05) is 13.1 Å². The van der Waals surface area contributed by atoms with Crippen molar-refractivity contribution < 1.29 is 13.7 Å². The second kappa shape index (κ2) is 9.09. The van der Waals surface area contributed by atoms with Crippen LogP contribution in [0.2, 0.25) is 0 Å². The Bertz CT molecular complexity index is 1280. The Balaban J connectivity index is 1.53. The molecule has 34 heavy (non-hydrogen) atoms. The number of nitro groups is 1. The summed E-state index contributed by atoms with van der Waals surface area (Å²) in [7, 11) is 0. The zero-order valence-corrected chi connectivity index (χ0v) is 19.4. The quantitative estimate of drug-likeness (QED) is 0.411. The Morgan fingerprint density at radius 1 is 1.21 bits per heavy atom. The van der Waals surface area contributed by atoms with Gasteiger partial charge in [0, 0.05) is 49.9 Å². The molecule has 0 aliphatic carbocycles. The second-order valence-corrected chi connectivity index (χ2v) is 9.36. The Morgan fingerprint density at radius 2 is 1.91 bits per heavy atom. The van der Waals surface area contributed by atoms with Crippen molar-refractivity contribution in [2.45, 2.75) is 46.7 Å². The lowest BCUT2D eigenvalue weighted by molar-refractivity contribution is -0.389. The number of hydrogen-bond donors (Lipinski definition) is 1. The van der Waals surface area contributed by atoms with Gasteiger partial charge in [0.05, 0.1) is 5.69 Å². The lowest BCUT2D eigenvalue weighted by atomic mass is 9.85. The summed E-state index contributed by atoms with van der Waals surface area (Å²) in [6.45, 7) is 8.56. The highest BCUT2D eigenvalue weighted by Gasteiger charge is 2.30. The molecule has 1 N–H and O–H groups in total. The molecule has 0 saturated carbocycles. The summed E-state index contributed by atoms with van der Waals surface area (Å²) in [5, 5.41) is 11.0. The Kier molecular flexibility index (Phi) is 6.35. The van der Waals surface area contributed by atoms with E-state index in [1.807, 2.05) is 19.9 Å². The van der Waals surface area contributed by atoms with Crippen molar-refractivity contribution >= 4 is 5.82 Å². The molecule has 2 aromatic heterocycles. The van der Waals surface area contributed by atoms with Crippen LogP contribution in [-0.2, 0) is 19.5 Å². The van der Waals surface area contributed by atoms with Crippen molar-refractivity contribution in [3.8, 4) is 11.3 Å². The Morgan fingerprint density at radius 3 is 2.53 bits per heavy atom. The first kappa shape index (κ1) is 23.7. The summed E-state index contributed by atoms with van der Waals surface area (Å²) in [5.41, 5.74) is 3.22. The van der Waals surface area contributed by atoms with Gasteiger partial charge in [0.25, 0.3) is 0 Å². The monoisotopic (exact) mass is 471 g/mol. The van der Waals surface area contributed by atoms with E-state index < -0.39 is 22.2 Å². The summed E-state index contributed by atoms with van der Waals surface area (Å²) in [5.74, 6) is -1.58. The molecule has 0 unspecified atom stereocenters. The molecule has 4 rings (SSSR count). The maximum atomic E-state index is 13.7. The van der Waals surface area contributed by atoms with E-state index in [-0.39, 0.29) is 11.2 Å². The number of aromatic nitrogens is 3. The first-order valence-electron chi connectivity index (χ1n) is 11.2. The van der Waals surface area contributed by atoms with Crippen molar-refractivity contribution in [3.63, 3.8) is 0 Å². The molecular formula is C24H27F2N5O3. The predicted molar refractivity (Wildman–Crippen MR) is 123 cm³/mol. The SMILES string of the molecule is CC[C@@](C)(CN1CCc2nc(-c3cc(F)cc(F)c3)cc(C)c2C1)Cn1cc([N+](=O)[O-])[nH]c1=O. The highest BCUT2D eigenvalue weighted by molar-refractivity contribution is 5.61. The molecular weight excluding hydrogens is 444 g/mol. The molecule has 1 atom stereocenters. The third kappa shape index (κ3) is 4.91. The van der Waals surface area contributed by atoms with Crippen molar-refractivity contribution in [3.05, 3.63) is 79.5 Å². The Hall–Kier alpha value is -3.40. The standard InChI is InChI=1S/C24H27F2N5O3/c1-4-24(3,14-30-12-22(31(33)34)28-23(30)32)13-29-6-5-20-19(11-29)15(2)7-21(27-20)16-8-17(25)10-18(26)9-16/h7-10,12H,4-6,11,13-14H2,1-3H3,(H,28,32)/t24-/m0/s1.